The zero-order valence-electron chi connectivity index (χ0n) is 17.8. The first-order chi connectivity index (χ1) is 15.4. The van der Waals surface area contributed by atoms with Crippen molar-refractivity contribution in [1.82, 2.24) is 5.32 Å². The minimum atomic E-state index is -4.44. The molecule has 0 fully saturated rings. The lowest BCUT2D eigenvalue weighted by atomic mass is 10.0. The van der Waals surface area contributed by atoms with E-state index in [0.717, 1.165) is 18.2 Å². The Bertz CT molecular complexity index is 1190. The third kappa shape index (κ3) is 5.42. The van der Waals surface area contributed by atoms with Gasteiger partial charge in [-0.1, -0.05) is 36.4 Å². The molecule has 0 unspecified atom stereocenters. The summed E-state index contributed by atoms with van der Waals surface area (Å²) < 4.78 is 58.7. The number of amides is 1. The molecule has 174 valence electrons. The van der Waals surface area contributed by atoms with Crippen molar-refractivity contribution in [2.75, 3.05) is 6.61 Å². The van der Waals surface area contributed by atoms with Crippen molar-refractivity contribution >= 4 is 22.6 Å². The van der Waals surface area contributed by atoms with Gasteiger partial charge in [0.2, 0.25) is 0 Å². The van der Waals surface area contributed by atoms with E-state index in [9.17, 15) is 32.3 Å². The van der Waals surface area contributed by atoms with Gasteiger partial charge in [-0.05, 0) is 37.6 Å². The molecule has 1 amide bonds. The molecule has 0 radical (unpaired) electrons. The summed E-state index contributed by atoms with van der Waals surface area (Å²) in [4.78, 5) is 24.2. The van der Waals surface area contributed by atoms with Gasteiger partial charge in [0.05, 0.1) is 17.7 Å². The smallest absolute Gasteiger partial charge is 0.416 e. The Balaban J connectivity index is 1.89. The van der Waals surface area contributed by atoms with Crippen molar-refractivity contribution in [3.05, 3.63) is 77.1 Å². The fourth-order valence-corrected chi connectivity index (χ4v) is 3.16. The maximum absolute atomic E-state index is 14.7. The van der Waals surface area contributed by atoms with Gasteiger partial charge >= 0.3 is 12.1 Å². The van der Waals surface area contributed by atoms with Crippen LogP contribution in [0.2, 0.25) is 0 Å². The number of hydrogen-bond acceptors (Lipinski definition) is 3. The van der Waals surface area contributed by atoms with Crippen LogP contribution in [0, 0.1) is 5.82 Å². The molecular formula is C24H21F4NO4. The highest BCUT2D eigenvalue weighted by atomic mass is 19.4. The van der Waals surface area contributed by atoms with Crippen molar-refractivity contribution in [3.8, 4) is 5.75 Å². The predicted octanol–water partition coefficient (Wildman–Crippen LogP) is 5.21. The van der Waals surface area contributed by atoms with Gasteiger partial charge in [-0.3, -0.25) is 4.79 Å². The number of carboxylic acids is 1. The van der Waals surface area contributed by atoms with E-state index in [1.807, 2.05) is 0 Å². The number of halogens is 4. The summed E-state index contributed by atoms with van der Waals surface area (Å²) >= 11 is 0. The van der Waals surface area contributed by atoms with E-state index < -0.39 is 35.0 Å². The van der Waals surface area contributed by atoms with Crippen LogP contribution in [0.3, 0.4) is 0 Å². The van der Waals surface area contributed by atoms with Crippen LogP contribution >= 0.6 is 0 Å². The molecule has 9 heteroatoms. The Morgan fingerprint density at radius 1 is 1.00 bits per heavy atom. The van der Waals surface area contributed by atoms with Gasteiger partial charge in [0.15, 0.2) is 0 Å². The number of alkyl halides is 3. The minimum Gasteiger partial charge on any atom is -0.492 e. The molecular weight excluding hydrogens is 442 g/mol. The van der Waals surface area contributed by atoms with E-state index in [-0.39, 0.29) is 29.7 Å². The Morgan fingerprint density at radius 3 is 2.18 bits per heavy atom. The SMILES string of the molecule is CC(C)(NC(=O)c1cc(F)c2ccccc2c1OCCc1ccc(C(F)(F)F)cc1)C(=O)O. The quantitative estimate of drug-likeness (QED) is 0.472. The second-order valence-corrected chi connectivity index (χ2v) is 7.96. The molecule has 2 N–H and O–H groups in total. The zero-order valence-corrected chi connectivity index (χ0v) is 17.8. The maximum Gasteiger partial charge on any atom is 0.416 e. The number of aliphatic carboxylic acids is 1. The van der Waals surface area contributed by atoms with Crippen LogP contribution in [0.15, 0.2) is 54.6 Å². The van der Waals surface area contributed by atoms with Gasteiger partial charge in [0.1, 0.15) is 17.1 Å². The van der Waals surface area contributed by atoms with Crippen molar-refractivity contribution in [2.45, 2.75) is 32.0 Å². The van der Waals surface area contributed by atoms with Crippen molar-refractivity contribution < 1.29 is 37.0 Å². The van der Waals surface area contributed by atoms with E-state index in [1.165, 1.54) is 32.0 Å². The monoisotopic (exact) mass is 463 g/mol. The molecule has 0 bridgehead atoms. The lowest BCUT2D eigenvalue weighted by molar-refractivity contribution is -0.143. The van der Waals surface area contributed by atoms with Crippen LogP contribution in [-0.4, -0.2) is 29.1 Å². The minimum absolute atomic E-state index is 0.0103. The third-order valence-corrected chi connectivity index (χ3v) is 5.07. The summed E-state index contributed by atoms with van der Waals surface area (Å²) in [6, 6.07) is 11.9. The Labute approximate surface area is 187 Å². The largest absolute Gasteiger partial charge is 0.492 e. The highest BCUT2D eigenvalue weighted by Gasteiger charge is 2.31. The van der Waals surface area contributed by atoms with Gasteiger partial charge in [-0.15, -0.1) is 0 Å². The predicted molar refractivity (Wildman–Crippen MR) is 114 cm³/mol. The molecule has 33 heavy (non-hydrogen) atoms. The first-order valence-electron chi connectivity index (χ1n) is 9.96. The number of carboxylic acid groups (broad SMARTS) is 1. The molecule has 0 aliphatic rings. The van der Waals surface area contributed by atoms with Gasteiger partial charge in [0, 0.05) is 17.2 Å². The number of rotatable bonds is 7. The second-order valence-electron chi connectivity index (χ2n) is 7.96. The first kappa shape index (κ1) is 24.0. The lowest BCUT2D eigenvalue weighted by Gasteiger charge is -2.22. The average molecular weight is 463 g/mol. The normalized spacial score (nSPS) is 11.9. The summed E-state index contributed by atoms with van der Waals surface area (Å²) in [5.41, 5.74) is -1.99. The molecule has 0 aliphatic heterocycles. The fraction of sp³-hybridized carbons (Fsp3) is 0.250. The molecule has 0 heterocycles. The van der Waals surface area contributed by atoms with Crippen molar-refractivity contribution in [1.29, 1.82) is 0 Å². The molecule has 0 saturated carbocycles. The number of carbonyl (C=O) groups excluding carboxylic acids is 1. The average Bonchev–Trinajstić information content (AvgIpc) is 2.74. The number of carbonyl (C=O) groups is 2. The van der Waals surface area contributed by atoms with E-state index in [0.29, 0.717) is 10.9 Å². The Morgan fingerprint density at radius 2 is 1.61 bits per heavy atom. The van der Waals surface area contributed by atoms with Crippen LogP contribution in [0.5, 0.6) is 5.75 Å². The van der Waals surface area contributed by atoms with Crippen LogP contribution < -0.4 is 10.1 Å². The number of ether oxygens (including phenoxy) is 1. The topological polar surface area (TPSA) is 75.6 Å². The molecule has 3 aromatic carbocycles. The standard InChI is InChI=1S/C24H21F4NO4/c1-23(2,22(31)32)29-21(30)18-13-19(25)16-5-3-4-6-17(16)20(18)33-12-11-14-7-9-15(10-8-14)24(26,27)28/h3-10,13H,11-12H2,1-2H3,(H,29,30)(H,31,32). The van der Waals surface area contributed by atoms with Crippen molar-refractivity contribution in [2.24, 2.45) is 0 Å². The number of benzene rings is 3. The summed E-state index contributed by atoms with van der Waals surface area (Å²) in [5.74, 6) is -2.74. The Kier molecular flexibility index (Phi) is 6.62. The number of fused-ring (bicyclic) bond motifs is 1. The summed E-state index contributed by atoms with van der Waals surface area (Å²) in [7, 11) is 0. The zero-order chi connectivity index (χ0) is 24.4. The summed E-state index contributed by atoms with van der Waals surface area (Å²) in [5, 5.41) is 12.1. The van der Waals surface area contributed by atoms with Crippen LogP contribution in [-0.2, 0) is 17.4 Å². The molecule has 3 aromatic rings. The van der Waals surface area contributed by atoms with Gasteiger partial charge in [0.25, 0.3) is 5.91 Å². The first-order valence-corrected chi connectivity index (χ1v) is 9.96. The molecule has 0 spiro atoms. The molecule has 0 aromatic heterocycles. The molecule has 0 saturated heterocycles. The van der Waals surface area contributed by atoms with E-state index >= 15 is 0 Å². The second kappa shape index (κ2) is 9.09. The fourth-order valence-electron chi connectivity index (χ4n) is 3.16. The third-order valence-electron chi connectivity index (χ3n) is 5.07. The molecule has 5 nitrogen and oxygen atoms in total. The van der Waals surface area contributed by atoms with Crippen LogP contribution in [0.1, 0.15) is 35.3 Å². The number of nitrogens with one attached hydrogen (secondary N) is 1. The number of hydrogen-bond donors (Lipinski definition) is 2. The van der Waals surface area contributed by atoms with Gasteiger partial charge < -0.3 is 15.2 Å². The van der Waals surface area contributed by atoms with Crippen LogP contribution in [0.4, 0.5) is 17.6 Å². The van der Waals surface area contributed by atoms with Gasteiger partial charge in [-0.2, -0.15) is 13.2 Å². The summed E-state index contributed by atoms with van der Waals surface area (Å²) in [6.45, 7) is 2.56. The highest BCUT2D eigenvalue weighted by molar-refractivity contribution is 6.05. The van der Waals surface area contributed by atoms with E-state index in [2.05, 4.69) is 5.32 Å². The molecule has 0 atom stereocenters. The van der Waals surface area contributed by atoms with Crippen molar-refractivity contribution in [3.63, 3.8) is 0 Å². The van der Waals surface area contributed by atoms with Gasteiger partial charge in [-0.25, -0.2) is 9.18 Å². The maximum atomic E-state index is 14.7. The highest BCUT2D eigenvalue weighted by Crippen LogP contribution is 2.33. The van der Waals surface area contributed by atoms with E-state index in [4.69, 9.17) is 4.74 Å². The molecule has 0 aliphatic carbocycles. The summed E-state index contributed by atoms with van der Waals surface area (Å²) in [6.07, 6.45) is -4.21. The van der Waals surface area contributed by atoms with E-state index in [1.54, 1.807) is 18.2 Å². The van der Waals surface area contributed by atoms with Crippen LogP contribution in [0.25, 0.3) is 10.8 Å². The Hall–Kier alpha value is -3.62. The lowest BCUT2D eigenvalue weighted by Crippen LogP contribution is -2.49. The molecule has 3 rings (SSSR count).